The summed E-state index contributed by atoms with van der Waals surface area (Å²) in [4.78, 5) is 19.9. The smallest absolute Gasteiger partial charge is 0.305 e. The number of fused-ring (bicyclic) bond motifs is 1. The van der Waals surface area contributed by atoms with Gasteiger partial charge in [-0.2, -0.15) is 0 Å². The van der Waals surface area contributed by atoms with E-state index in [0.717, 1.165) is 22.2 Å². The Bertz CT molecular complexity index is 1080. The Morgan fingerprint density at radius 2 is 2.00 bits per heavy atom. The van der Waals surface area contributed by atoms with Crippen LogP contribution in [0.1, 0.15) is 24.8 Å². The number of anilines is 2. The van der Waals surface area contributed by atoms with Crippen LogP contribution in [0, 0.1) is 12.3 Å². The summed E-state index contributed by atoms with van der Waals surface area (Å²) in [6, 6.07) is 11.2. The van der Waals surface area contributed by atoms with Gasteiger partial charge in [0.05, 0.1) is 26.3 Å². The van der Waals surface area contributed by atoms with E-state index < -0.39 is 0 Å². The number of esters is 1. The van der Waals surface area contributed by atoms with Crippen molar-refractivity contribution in [1.82, 2.24) is 9.97 Å². The molecule has 0 aliphatic heterocycles. The van der Waals surface area contributed by atoms with E-state index in [1.165, 1.54) is 13.4 Å². The number of aromatic nitrogens is 2. The lowest BCUT2D eigenvalue weighted by Crippen LogP contribution is -2.04. The Morgan fingerprint density at radius 1 is 1.13 bits per heavy atom. The van der Waals surface area contributed by atoms with Gasteiger partial charge < -0.3 is 19.5 Å². The van der Waals surface area contributed by atoms with Crippen LogP contribution in [-0.2, 0) is 9.53 Å². The molecule has 0 saturated carbocycles. The molecule has 0 fully saturated rings. The number of unbranched alkanes of at least 4 members (excludes halogenated alkanes) is 1. The number of carbonyl (C=O) groups excluding carboxylic acids is 1. The van der Waals surface area contributed by atoms with Crippen LogP contribution in [0.15, 0.2) is 42.7 Å². The SMILES string of the molecule is C#Cc1cccc(Nc2ncnc3cc(OC)c(OCCCCC(=O)OC)cc23)c1. The van der Waals surface area contributed by atoms with E-state index in [-0.39, 0.29) is 5.97 Å². The molecule has 0 amide bonds. The van der Waals surface area contributed by atoms with Gasteiger partial charge in [0.2, 0.25) is 0 Å². The molecule has 0 atom stereocenters. The monoisotopic (exact) mass is 405 g/mol. The highest BCUT2D eigenvalue weighted by Gasteiger charge is 2.12. The fourth-order valence-electron chi connectivity index (χ4n) is 2.92. The molecule has 0 aliphatic rings. The van der Waals surface area contributed by atoms with Crippen molar-refractivity contribution in [3.63, 3.8) is 0 Å². The molecule has 1 heterocycles. The molecule has 0 aliphatic carbocycles. The molecule has 2 aromatic carbocycles. The second-order valence-electron chi connectivity index (χ2n) is 6.47. The van der Waals surface area contributed by atoms with Crippen LogP contribution >= 0.6 is 0 Å². The average Bonchev–Trinajstić information content (AvgIpc) is 2.78. The predicted octanol–water partition coefficient (Wildman–Crippen LogP) is 4.09. The molecule has 154 valence electrons. The third-order valence-electron chi connectivity index (χ3n) is 4.47. The van der Waals surface area contributed by atoms with E-state index in [9.17, 15) is 4.79 Å². The summed E-state index contributed by atoms with van der Waals surface area (Å²) in [5, 5.41) is 4.07. The molecule has 3 aromatic rings. The number of ether oxygens (including phenoxy) is 3. The van der Waals surface area contributed by atoms with E-state index in [4.69, 9.17) is 15.9 Å². The summed E-state index contributed by atoms with van der Waals surface area (Å²) in [7, 11) is 2.96. The van der Waals surface area contributed by atoms with Gasteiger partial charge >= 0.3 is 5.97 Å². The lowest BCUT2D eigenvalue weighted by molar-refractivity contribution is -0.140. The highest BCUT2D eigenvalue weighted by Crippen LogP contribution is 2.35. The molecule has 0 radical (unpaired) electrons. The quantitative estimate of drug-likeness (QED) is 0.326. The second kappa shape index (κ2) is 10.1. The number of terminal acetylenes is 1. The van der Waals surface area contributed by atoms with Gasteiger partial charge in [0.1, 0.15) is 12.1 Å². The number of carbonyl (C=O) groups is 1. The molecule has 3 rings (SSSR count). The van der Waals surface area contributed by atoms with Gasteiger partial charge in [-0.1, -0.05) is 12.0 Å². The van der Waals surface area contributed by atoms with Gasteiger partial charge in [0.15, 0.2) is 11.5 Å². The lowest BCUT2D eigenvalue weighted by Gasteiger charge is -2.14. The number of methoxy groups -OCH3 is 2. The summed E-state index contributed by atoms with van der Waals surface area (Å²) >= 11 is 0. The van der Waals surface area contributed by atoms with Crippen molar-refractivity contribution in [3.05, 3.63) is 48.3 Å². The van der Waals surface area contributed by atoms with E-state index in [1.54, 1.807) is 7.11 Å². The van der Waals surface area contributed by atoms with Crippen LogP contribution in [-0.4, -0.2) is 36.8 Å². The third kappa shape index (κ3) is 5.17. The number of rotatable bonds is 9. The van der Waals surface area contributed by atoms with Gasteiger partial charge in [-0.05, 0) is 37.1 Å². The molecule has 7 heteroatoms. The van der Waals surface area contributed by atoms with Crippen LogP contribution in [0.25, 0.3) is 10.9 Å². The molecular formula is C23H23N3O4. The van der Waals surface area contributed by atoms with Gasteiger partial charge in [0.25, 0.3) is 0 Å². The van der Waals surface area contributed by atoms with Crippen molar-refractivity contribution >= 4 is 28.4 Å². The van der Waals surface area contributed by atoms with Crippen LogP contribution in [0.4, 0.5) is 11.5 Å². The Hall–Kier alpha value is -3.79. The van der Waals surface area contributed by atoms with Crippen molar-refractivity contribution in [2.24, 2.45) is 0 Å². The molecule has 30 heavy (non-hydrogen) atoms. The first-order valence-electron chi connectivity index (χ1n) is 9.50. The van der Waals surface area contributed by atoms with Crippen molar-refractivity contribution < 1.29 is 19.0 Å². The van der Waals surface area contributed by atoms with Crippen molar-refractivity contribution in [2.75, 3.05) is 26.1 Å². The van der Waals surface area contributed by atoms with Crippen LogP contribution < -0.4 is 14.8 Å². The largest absolute Gasteiger partial charge is 0.493 e. The number of benzene rings is 2. The summed E-state index contributed by atoms with van der Waals surface area (Å²) in [5.41, 5.74) is 2.32. The predicted molar refractivity (Wildman–Crippen MR) is 115 cm³/mol. The van der Waals surface area contributed by atoms with E-state index in [1.807, 2.05) is 36.4 Å². The first-order chi connectivity index (χ1) is 14.6. The van der Waals surface area contributed by atoms with Gasteiger partial charge in [0, 0.05) is 29.1 Å². The molecule has 1 aromatic heterocycles. The first kappa shape index (κ1) is 20.9. The highest BCUT2D eigenvalue weighted by molar-refractivity contribution is 5.93. The molecule has 7 nitrogen and oxygen atoms in total. The molecular weight excluding hydrogens is 382 g/mol. The maximum Gasteiger partial charge on any atom is 0.305 e. The fourth-order valence-corrected chi connectivity index (χ4v) is 2.92. The molecule has 0 saturated heterocycles. The molecule has 1 N–H and O–H groups in total. The Kier molecular flexibility index (Phi) is 7.06. The van der Waals surface area contributed by atoms with Crippen LogP contribution in [0.3, 0.4) is 0 Å². The van der Waals surface area contributed by atoms with Gasteiger partial charge in [-0.3, -0.25) is 4.79 Å². The summed E-state index contributed by atoms with van der Waals surface area (Å²) in [6.07, 6.45) is 8.74. The first-order valence-corrected chi connectivity index (χ1v) is 9.50. The molecule has 0 unspecified atom stereocenters. The average molecular weight is 405 g/mol. The lowest BCUT2D eigenvalue weighted by atomic mass is 10.2. The highest BCUT2D eigenvalue weighted by atomic mass is 16.5. The van der Waals surface area contributed by atoms with Crippen LogP contribution in [0.5, 0.6) is 11.5 Å². The summed E-state index contributed by atoms with van der Waals surface area (Å²) < 4.78 is 16.0. The van der Waals surface area contributed by atoms with Crippen molar-refractivity contribution in [1.29, 1.82) is 0 Å². The topological polar surface area (TPSA) is 82.6 Å². The number of nitrogens with zero attached hydrogens (tertiary/aromatic N) is 2. The zero-order valence-electron chi connectivity index (χ0n) is 17.0. The van der Waals surface area contributed by atoms with Crippen molar-refractivity contribution in [3.8, 4) is 23.8 Å². The maximum absolute atomic E-state index is 11.2. The standard InChI is InChI=1S/C23H23N3O4/c1-4-16-8-7-9-17(12-16)26-23-18-13-21(30-11-6-5-10-22(27)29-3)20(28-2)14-19(18)24-15-25-23/h1,7-9,12-15H,5-6,10-11H2,2-3H3,(H,24,25,26). The van der Waals surface area contributed by atoms with E-state index >= 15 is 0 Å². The fraction of sp³-hybridized carbons (Fsp3) is 0.261. The van der Waals surface area contributed by atoms with E-state index in [2.05, 4.69) is 25.9 Å². The van der Waals surface area contributed by atoms with Gasteiger partial charge in [-0.25, -0.2) is 9.97 Å². The number of nitrogens with one attached hydrogen (secondary N) is 1. The van der Waals surface area contributed by atoms with E-state index in [0.29, 0.717) is 43.2 Å². The minimum absolute atomic E-state index is 0.222. The van der Waals surface area contributed by atoms with Crippen molar-refractivity contribution in [2.45, 2.75) is 19.3 Å². The molecule has 0 spiro atoms. The Labute approximate surface area is 175 Å². The zero-order chi connectivity index (χ0) is 21.3. The number of hydrogen-bond donors (Lipinski definition) is 1. The molecule has 0 bridgehead atoms. The summed E-state index contributed by atoms with van der Waals surface area (Å²) in [5.74, 6) is 4.19. The minimum atomic E-state index is -0.222. The zero-order valence-corrected chi connectivity index (χ0v) is 17.0. The Morgan fingerprint density at radius 3 is 2.77 bits per heavy atom. The second-order valence-corrected chi connectivity index (χ2v) is 6.47. The van der Waals surface area contributed by atoms with Crippen LogP contribution in [0.2, 0.25) is 0 Å². The minimum Gasteiger partial charge on any atom is -0.493 e. The third-order valence-corrected chi connectivity index (χ3v) is 4.47. The van der Waals surface area contributed by atoms with Gasteiger partial charge in [-0.15, -0.1) is 6.42 Å². The normalized spacial score (nSPS) is 10.3. The number of hydrogen-bond acceptors (Lipinski definition) is 7. The maximum atomic E-state index is 11.2. The summed E-state index contributed by atoms with van der Waals surface area (Å²) in [6.45, 7) is 0.444. The Balaban J connectivity index is 1.81.